The van der Waals surface area contributed by atoms with E-state index in [0.29, 0.717) is 11.1 Å². The van der Waals surface area contributed by atoms with Crippen LogP contribution >= 0.6 is 0 Å². The number of allylic oxidation sites excluding steroid dienone is 2. The zero-order valence-electron chi connectivity index (χ0n) is 16.1. The molecule has 3 aromatic carbocycles. The number of ether oxygens (including phenoxy) is 1. The lowest BCUT2D eigenvalue weighted by Gasteiger charge is -2.11. The number of hydrogen-bond donors (Lipinski definition) is 0. The van der Waals surface area contributed by atoms with E-state index < -0.39 is 5.97 Å². The number of halogens is 1. The molecule has 0 aromatic heterocycles. The number of rotatable bonds is 6. The second-order valence-electron chi connectivity index (χ2n) is 6.41. The molecular weight excluding hydrogens is 363 g/mol. The van der Waals surface area contributed by atoms with Gasteiger partial charge in [-0.2, -0.15) is 0 Å². The lowest BCUT2D eigenvalue weighted by atomic mass is 9.94. The molecule has 0 spiro atoms. The molecule has 144 valence electrons. The zero-order chi connectivity index (χ0) is 20.6. The van der Waals surface area contributed by atoms with Gasteiger partial charge in [0, 0.05) is 0 Å². The molecule has 0 amide bonds. The predicted molar refractivity (Wildman–Crippen MR) is 115 cm³/mol. The van der Waals surface area contributed by atoms with Crippen molar-refractivity contribution in [2.45, 2.75) is 0 Å². The van der Waals surface area contributed by atoms with Crippen LogP contribution in [0, 0.1) is 5.82 Å². The van der Waals surface area contributed by atoms with Crippen molar-refractivity contribution in [1.82, 2.24) is 0 Å². The van der Waals surface area contributed by atoms with Crippen LogP contribution < -0.4 is 0 Å². The highest BCUT2D eigenvalue weighted by molar-refractivity contribution is 5.98. The van der Waals surface area contributed by atoms with Crippen LogP contribution in [0.15, 0.2) is 109 Å². The first-order valence-corrected chi connectivity index (χ1v) is 9.16. The summed E-state index contributed by atoms with van der Waals surface area (Å²) in [5, 5.41) is 0. The highest BCUT2D eigenvalue weighted by Gasteiger charge is 2.12. The molecule has 0 radical (unpaired) electrons. The number of methoxy groups -OCH3 is 1. The van der Waals surface area contributed by atoms with Crippen molar-refractivity contribution >= 4 is 17.1 Å². The molecule has 0 unspecified atom stereocenters. The summed E-state index contributed by atoms with van der Waals surface area (Å²) in [6, 6.07) is 25.6. The summed E-state index contributed by atoms with van der Waals surface area (Å²) in [5.74, 6) is -0.799. The molecule has 3 aromatic rings. The van der Waals surface area contributed by atoms with Crippen molar-refractivity contribution < 1.29 is 13.9 Å². The minimum absolute atomic E-state index is 0.325. The third-order valence-corrected chi connectivity index (χ3v) is 4.44. The zero-order valence-corrected chi connectivity index (χ0v) is 16.1. The molecule has 0 saturated carbocycles. The summed E-state index contributed by atoms with van der Waals surface area (Å²) in [6.45, 7) is 4.03. The van der Waals surface area contributed by atoms with E-state index in [9.17, 15) is 9.18 Å². The molecule has 0 aliphatic rings. The van der Waals surface area contributed by atoms with Crippen molar-refractivity contribution in [1.29, 1.82) is 0 Å². The van der Waals surface area contributed by atoms with Crippen molar-refractivity contribution in [2.75, 3.05) is 7.11 Å². The largest absolute Gasteiger partial charge is 0.465 e. The summed E-state index contributed by atoms with van der Waals surface area (Å²) in [4.78, 5) is 12.5. The fourth-order valence-corrected chi connectivity index (χ4v) is 2.94. The highest BCUT2D eigenvalue weighted by Crippen LogP contribution is 2.26. The lowest BCUT2D eigenvalue weighted by Crippen LogP contribution is -2.04. The second kappa shape index (κ2) is 9.47. The average molecular weight is 384 g/mol. The number of carbonyl (C=O) groups is 1. The van der Waals surface area contributed by atoms with Gasteiger partial charge in [-0.05, 0) is 52.1 Å². The van der Waals surface area contributed by atoms with Crippen LogP contribution in [0.2, 0.25) is 0 Å². The van der Waals surface area contributed by atoms with Gasteiger partial charge in [-0.3, -0.25) is 0 Å². The van der Waals surface area contributed by atoms with Gasteiger partial charge in [-0.15, -0.1) is 0 Å². The molecule has 0 heterocycles. The molecule has 0 aliphatic heterocycles. The van der Waals surface area contributed by atoms with E-state index in [2.05, 4.69) is 6.58 Å². The Morgan fingerprint density at radius 3 is 1.79 bits per heavy atom. The summed E-state index contributed by atoms with van der Waals surface area (Å²) >= 11 is 0. The van der Waals surface area contributed by atoms with Crippen LogP contribution in [0.3, 0.4) is 0 Å². The summed E-state index contributed by atoms with van der Waals surface area (Å²) in [5.41, 5.74) is 4.49. The first kappa shape index (κ1) is 20.0. The van der Waals surface area contributed by atoms with E-state index in [-0.39, 0.29) is 5.82 Å². The molecule has 29 heavy (non-hydrogen) atoms. The molecule has 0 saturated heterocycles. The van der Waals surface area contributed by atoms with Gasteiger partial charge in [-0.1, -0.05) is 79.4 Å². The SMILES string of the molecule is C=C(/C=C(/C=C(c1ccccc1)c1ccccc1)C(=O)OC)c1ccc(F)cc1. The van der Waals surface area contributed by atoms with Gasteiger partial charge in [0.25, 0.3) is 0 Å². The van der Waals surface area contributed by atoms with Gasteiger partial charge in [-0.25, -0.2) is 9.18 Å². The standard InChI is InChI=1S/C26H21FO2/c1-19(20-13-15-24(27)16-14-20)17-23(26(28)29-2)18-25(21-9-5-3-6-10-21)22-11-7-4-8-12-22/h3-18H,1H2,2H3/b23-17-. The van der Waals surface area contributed by atoms with Crippen LogP contribution in [-0.4, -0.2) is 13.1 Å². The van der Waals surface area contributed by atoms with Gasteiger partial charge in [0.2, 0.25) is 0 Å². The summed E-state index contributed by atoms with van der Waals surface area (Å²) < 4.78 is 18.2. The quantitative estimate of drug-likeness (QED) is 0.293. The summed E-state index contributed by atoms with van der Waals surface area (Å²) in [7, 11) is 1.34. The first-order chi connectivity index (χ1) is 14.1. The number of carbonyl (C=O) groups excluding carboxylic acids is 1. The van der Waals surface area contributed by atoms with Crippen LogP contribution in [0.25, 0.3) is 11.1 Å². The van der Waals surface area contributed by atoms with Crippen LogP contribution in [0.4, 0.5) is 4.39 Å². The Morgan fingerprint density at radius 2 is 1.31 bits per heavy atom. The van der Waals surface area contributed by atoms with Crippen LogP contribution in [0.5, 0.6) is 0 Å². The number of hydrogen-bond acceptors (Lipinski definition) is 2. The molecule has 0 N–H and O–H groups in total. The van der Waals surface area contributed by atoms with E-state index in [1.165, 1.54) is 19.2 Å². The van der Waals surface area contributed by atoms with Crippen molar-refractivity contribution in [2.24, 2.45) is 0 Å². The maximum absolute atomic E-state index is 13.2. The van der Waals surface area contributed by atoms with Gasteiger partial charge >= 0.3 is 5.97 Å². The van der Waals surface area contributed by atoms with E-state index in [0.717, 1.165) is 22.3 Å². The topological polar surface area (TPSA) is 26.3 Å². The normalized spacial score (nSPS) is 10.9. The van der Waals surface area contributed by atoms with Gasteiger partial charge in [0.1, 0.15) is 5.82 Å². The van der Waals surface area contributed by atoms with E-state index in [1.807, 2.05) is 60.7 Å². The monoisotopic (exact) mass is 384 g/mol. The third-order valence-electron chi connectivity index (χ3n) is 4.44. The fraction of sp³-hybridized carbons (Fsp3) is 0.0385. The fourth-order valence-electron chi connectivity index (χ4n) is 2.94. The average Bonchev–Trinajstić information content (AvgIpc) is 2.77. The number of benzene rings is 3. The molecule has 0 fully saturated rings. The minimum atomic E-state index is -0.474. The van der Waals surface area contributed by atoms with Gasteiger partial charge < -0.3 is 4.74 Å². The van der Waals surface area contributed by atoms with Crippen molar-refractivity contribution in [3.8, 4) is 0 Å². The molecule has 0 aliphatic carbocycles. The maximum atomic E-state index is 13.2. The smallest absolute Gasteiger partial charge is 0.337 e. The van der Waals surface area contributed by atoms with Crippen LogP contribution in [0.1, 0.15) is 16.7 Å². The Bertz CT molecular complexity index is 1010. The minimum Gasteiger partial charge on any atom is -0.465 e. The molecule has 0 bridgehead atoms. The summed E-state index contributed by atoms with van der Waals surface area (Å²) in [6.07, 6.45) is 3.45. The van der Waals surface area contributed by atoms with E-state index in [1.54, 1.807) is 24.3 Å². The van der Waals surface area contributed by atoms with E-state index in [4.69, 9.17) is 4.74 Å². The molecular formula is C26H21FO2. The van der Waals surface area contributed by atoms with Crippen molar-refractivity contribution in [3.63, 3.8) is 0 Å². The van der Waals surface area contributed by atoms with Gasteiger partial charge in [0.05, 0.1) is 12.7 Å². The first-order valence-electron chi connectivity index (χ1n) is 9.16. The Morgan fingerprint density at radius 1 is 0.793 bits per heavy atom. The maximum Gasteiger partial charge on any atom is 0.337 e. The Labute approximate surface area is 170 Å². The van der Waals surface area contributed by atoms with Crippen molar-refractivity contribution in [3.05, 3.63) is 132 Å². The highest BCUT2D eigenvalue weighted by atomic mass is 19.1. The molecule has 2 nitrogen and oxygen atoms in total. The predicted octanol–water partition coefficient (Wildman–Crippen LogP) is 6.07. The number of esters is 1. The second-order valence-corrected chi connectivity index (χ2v) is 6.41. The van der Waals surface area contributed by atoms with E-state index >= 15 is 0 Å². The Balaban J connectivity index is 2.10. The van der Waals surface area contributed by atoms with Crippen LogP contribution in [-0.2, 0) is 9.53 Å². The Hall–Kier alpha value is -3.72. The third kappa shape index (κ3) is 5.17. The lowest BCUT2D eigenvalue weighted by molar-refractivity contribution is -0.135. The molecule has 0 atom stereocenters. The van der Waals surface area contributed by atoms with Gasteiger partial charge in [0.15, 0.2) is 0 Å². The Kier molecular flexibility index (Phi) is 6.54. The molecule has 3 heteroatoms. The molecule has 3 rings (SSSR count).